The lowest BCUT2D eigenvalue weighted by Crippen LogP contribution is -2.41. The van der Waals surface area contributed by atoms with E-state index >= 15 is 0 Å². The predicted molar refractivity (Wildman–Crippen MR) is 107 cm³/mol. The molecule has 0 aromatic heterocycles. The van der Waals surface area contributed by atoms with Crippen LogP contribution >= 0.6 is 0 Å². The first kappa shape index (κ1) is 19.4. The minimum absolute atomic E-state index is 0.247. The lowest BCUT2D eigenvalue weighted by atomic mass is 9.91. The summed E-state index contributed by atoms with van der Waals surface area (Å²) in [5, 5.41) is 3.16. The highest BCUT2D eigenvalue weighted by Gasteiger charge is 2.22. The van der Waals surface area contributed by atoms with E-state index in [1.165, 1.54) is 31.2 Å². The molecule has 2 saturated heterocycles. The SMILES string of the molecule is CCN1CCC(CC(=O)NCCN2CCC[C@H](c3ccccc3)C2)CC1. The van der Waals surface area contributed by atoms with Crippen molar-refractivity contribution in [1.29, 1.82) is 0 Å². The van der Waals surface area contributed by atoms with Crippen molar-refractivity contribution in [2.24, 2.45) is 5.92 Å². The quantitative estimate of drug-likeness (QED) is 0.814. The summed E-state index contributed by atoms with van der Waals surface area (Å²) in [6.45, 7) is 9.71. The Bertz CT molecular complexity index is 540. The van der Waals surface area contributed by atoms with Gasteiger partial charge in [-0.05, 0) is 69.3 Å². The minimum Gasteiger partial charge on any atom is -0.355 e. The molecule has 144 valence electrons. The number of hydrogen-bond donors (Lipinski definition) is 1. The number of hydrogen-bond acceptors (Lipinski definition) is 3. The monoisotopic (exact) mass is 357 g/mol. The molecule has 2 aliphatic rings. The number of carbonyl (C=O) groups is 1. The zero-order chi connectivity index (χ0) is 18.2. The fourth-order valence-electron chi connectivity index (χ4n) is 4.45. The van der Waals surface area contributed by atoms with E-state index in [9.17, 15) is 4.79 Å². The maximum atomic E-state index is 12.2. The first-order valence-electron chi connectivity index (χ1n) is 10.5. The standard InChI is InChI=1S/C22H35N3O/c1-2-24-14-10-19(11-15-24)17-22(26)23-12-16-25-13-6-9-21(18-25)20-7-4-3-5-8-20/h3-5,7-8,19,21H,2,6,9-18H2,1H3,(H,23,26)/t21-/m0/s1. The van der Waals surface area contributed by atoms with Crippen molar-refractivity contribution in [3.63, 3.8) is 0 Å². The van der Waals surface area contributed by atoms with Gasteiger partial charge in [0, 0.05) is 26.1 Å². The van der Waals surface area contributed by atoms with Crippen molar-refractivity contribution in [1.82, 2.24) is 15.1 Å². The number of rotatable bonds is 7. The maximum absolute atomic E-state index is 12.2. The summed E-state index contributed by atoms with van der Waals surface area (Å²) in [6, 6.07) is 10.9. The lowest BCUT2D eigenvalue weighted by Gasteiger charge is -2.33. The molecule has 1 aromatic carbocycles. The van der Waals surface area contributed by atoms with E-state index in [0.717, 1.165) is 45.8 Å². The van der Waals surface area contributed by atoms with E-state index in [4.69, 9.17) is 0 Å². The fraction of sp³-hybridized carbons (Fsp3) is 0.682. The molecule has 1 atom stereocenters. The minimum atomic E-state index is 0.247. The van der Waals surface area contributed by atoms with Gasteiger partial charge >= 0.3 is 0 Å². The van der Waals surface area contributed by atoms with Crippen LogP contribution in [0.25, 0.3) is 0 Å². The molecular weight excluding hydrogens is 322 g/mol. The van der Waals surface area contributed by atoms with Gasteiger partial charge in [0.1, 0.15) is 0 Å². The van der Waals surface area contributed by atoms with Crippen LogP contribution in [0.3, 0.4) is 0 Å². The highest BCUT2D eigenvalue weighted by atomic mass is 16.1. The predicted octanol–water partition coefficient (Wildman–Crippen LogP) is 3.10. The number of benzene rings is 1. The van der Waals surface area contributed by atoms with Crippen molar-refractivity contribution < 1.29 is 4.79 Å². The first-order chi connectivity index (χ1) is 12.7. The number of carbonyl (C=O) groups excluding carboxylic acids is 1. The van der Waals surface area contributed by atoms with Crippen LogP contribution in [0.2, 0.25) is 0 Å². The largest absolute Gasteiger partial charge is 0.355 e. The number of nitrogens with one attached hydrogen (secondary N) is 1. The van der Waals surface area contributed by atoms with Crippen LogP contribution in [-0.4, -0.2) is 61.5 Å². The zero-order valence-electron chi connectivity index (χ0n) is 16.3. The Morgan fingerprint density at radius 3 is 2.58 bits per heavy atom. The van der Waals surface area contributed by atoms with E-state index in [1.807, 2.05) is 0 Å². The van der Waals surface area contributed by atoms with Crippen LogP contribution in [-0.2, 0) is 4.79 Å². The summed E-state index contributed by atoms with van der Waals surface area (Å²) < 4.78 is 0. The summed E-state index contributed by atoms with van der Waals surface area (Å²) in [5.41, 5.74) is 1.46. The second-order valence-corrected chi connectivity index (χ2v) is 7.98. The highest BCUT2D eigenvalue weighted by Crippen LogP contribution is 2.26. The highest BCUT2D eigenvalue weighted by molar-refractivity contribution is 5.76. The Morgan fingerprint density at radius 1 is 1.08 bits per heavy atom. The molecule has 0 spiro atoms. The Balaban J connectivity index is 1.33. The zero-order valence-corrected chi connectivity index (χ0v) is 16.3. The van der Waals surface area contributed by atoms with Crippen LogP contribution in [0.1, 0.15) is 50.5 Å². The van der Waals surface area contributed by atoms with Crippen LogP contribution in [0.15, 0.2) is 30.3 Å². The summed E-state index contributed by atoms with van der Waals surface area (Å²) in [7, 11) is 0. The molecular formula is C22H35N3O. The molecule has 0 aliphatic carbocycles. The van der Waals surface area contributed by atoms with E-state index in [2.05, 4.69) is 52.4 Å². The molecule has 0 saturated carbocycles. The third-order valence-corrected chi connectivity index (χ3v) is 6.16. The number of piperidine rings is 2. The normalized spacial score (nSPS) is 23.0. The van der Waals surface area contributed by atoms with Gasteiger partial charge in [-0.2, -0.15) is 0 Å². The topological polar surface area (TPSA) is 35.6 Å². The Hall–Kier alpha value is -1.39. The Morgan fingerprint density at radius 2 is 1.85 bits per heavy atom. The van der Waals surface area contributed by atoms with E-state index in [-0.39, 0.29) is 5.91 Å². The van der Waals surface area contributed by atoms with Crippen LogP contribution in [0.5, 0.6) is 0 Å². The molecule has 1 aromatic rings. The van der Waals surface area contributed by atoms with Crippen molar-refractivity contribution in [3.05, 3.63) is 35.9 Å². The molecule has 26 heavy (non-hydrogen) atoms. The van der Waals surface area contributed by atoms with E-state index in [1.54, 1.807) is 0 Å². The fourth-order valence-corrected chi connectivity index (χ4v) is 4.45. The van der Waals surface area contributed by atoms with Crippen molar-refractivity contribution in [3.8, 4) is 0 Å². The van der Waals surface area contributed by atoms with Crippen LogP contribution in [0, 0.1) is 5.92 Å². The molecule has 1 amide bonds. The maximum Gasteiger partial charge on any atom is 0.220 e. The molecule has 3 rings (SSSR count). The smallest absolute Gasteiger partial charge is 0.220 e. The van der Waals surface area contributed by atoms with Gasteiger partial charge in [0.15, 0.2) is 0 Å². The Kier molecular flexibility index (Phi) is 7.51. The van der Waals surface area contributed by atoms with Gasteiger partial charge in [-0.1, -0.05) is 37.3 Å². The van der Waals surface area contributed by atoms with E-state index < -0.39 is 0 Å². The second kappa shape index (κ2) is 10.1. The molecule has 1 N–H and O–H groups in total. The number of likely N-dealkylation sites (tertiary alicyclic amines) is 2. The Labute approximate surface area is 158 Å². The molecule has 2 fully saturated rings. The van der Waals surface area contributed by atoms with Gasteiger partial charge in [0.05, 0.1) is 0 Å². The summed E-state index contributed by atoms with van der Waals surface area (Å²) >= 11 is 0. The summed E-state index contributed by atoms with van der Waals surface area (Å²) in [6.07, 6.45) is 5.59. The van der Waals surface area contributed by atoms with Crippen molar-refractivity contribution in [2.45, 2.75) is 44.9 Å². The molecule has 0 radical (unpaired) electrons. The van der Waals surface area contributed by atoms with Gasteiger partial charge in [0.2, 0.25) is 5.91 Å². The van der Waals surface area contributed by atoms with Crippen molar-refractivity contribution in [2.75, 3.05) is 45.8 Å². The third kappa shape index (κ3) is 5.82. The molecule has 4 heteroatoms. The van der Waals surface area contributed by atoms with Gasteiger partial charge in [-0.3, -0.25) is 4.79 Å². The molecule has 2 heterocycles. The number of nitrogens with zero attached hydrogens (tertiary/aromatic N) is 2. The number of amides is 1. The van der Waals surface area contributed by atoms with Gasteiger partial charge in [-0.25, -0.2) is 0 Å². The van der Waals surface area contributed by atoms with Gasteiger partial charge in [0.25, 0.3) is 0 Å². The summed E-state index contributed by atoms with van der Waals surface area (Å²) in [4.78, 5) is 17.2. The molecule has 4 nitrogen and oxygen atoms in total. The summed E-state index contributed by atoms with van der Waals surface area (Å²) in [5.74, 6) is 1.47. The first-order valence-corrected chi connectivity index (χ1v) is 10.5. The van der Waals surface area contributed by atoms with Crippen LogP contribution < -0.4 is 5.32 Å². The van der Waals surface area contributed by atoms with Gasteiger partial charge < -0.3 is 15.1 Å². The van der Waals surface area contributed by atoms with E-state index in [0.29, 0.717) is 18.3 Å². The second-order valence-electron chi connectivity index (χ2n) is 7.98. The average molecular weight is 358 g/mol. The molecule has 0 bridgehead atoms. The lowest BCUT2D eigenvalue weighted by molar-refractivity contribution is -0.122. The van der Waals surface area contributed by atoms with Crippen LogP contribution in [0.4, 0.5) is 0 Å². The molecule has 2 aliphatic heterocycles. The molecule has 0 unspecified atom stereocenters. The average Bonchev–Trinajstić information content (AvgIpc) is 2.69. The van der Waals surface area contributed by atoms with Crippen molar-refractivity contribution >= 4 is 5.91 Å². The van der Waals surface area contributed by atoms with Gasteiger partial charge in [-0.15, -0.1) is 0 Å². The third-order valence-electron chi connectivity index (χ3n) is 6.16.